The van der Waals surface area contributed by atoms with Crippen molar-refractivity contribution in [1.82, 2.24) is 0 Å². The number of ether oxygens (including phenoxy) is 1. The highest BCUT2D eigenvalue weighted by molar-refractivity contribution is 7.99. The minimum absolute atomic E-state index is 0.321. The second-order valence-corrected chi connectivity index (χ2v) is 4.96. The Morgan fingerprint density at radius 2 is 2.33 bits per heavy atom. The third kappa shape index (κ3) is 2.40. The molecule has 1 aliphatic heterocycles. The molecule has 0 saturated carbocycles. The zero-order valence-electron chi connectivity index (χ0n) is 9.25. The lowest BCUT2D eigenvalue weighted by atomic mass is 10.2. The number of fused-ring (bicyclic) bond motifs is 1. The van der Waals surface area contributed by atoms with Crippen molar-refractivity contribution in [3.63, 3.8) is 0 Å². The molecule has 82 valence electrons. The van der Waals surface area contributed by atoms with Gasteiger partial charge in [0.2, 0.25) is 0 Å². The van der Waals surface area contributed by atoms with Gasteiger partial charge in [-0.2, -0.15) is 0 Å². The highest BCUT2D eigenvalue weighted by Gasteiger charge is 2.17. The number of rotatable bonds is 3. The molecule has 1 heterocycles. The normalized spacial score (nSPS) is 18.9. The van der Waals surface area contributed by atoms with Crippen LogP contribution in [0, 0.1) is 0 Å². The summed E-state index contributed by atoms with van der Waals surface area (Å²) in [5, 5.41) is 3.42. The number of benzene rings is 1. The molecule has 1 aliphatic rings. The minimum atomic E-state index is 0.321. The third-order valence-electron chi connectivity index (χ3n) is 2.53. The van der Waals surface area contributed by atoms with Gasteiger partial charge in [-0.15, -0.1) is 11.8 Å². The molecule has 1 aromatic rings. The van der Waals surface area contributed by atoms with Crippen LogP contribution in [0.3, 0.4) is 0 Å². The van der Waals surface area contributed by atoms with Gasteiger partial charge in [0.15, 0.2) is 0 Å². The predicted octanol–water partition coefficient (Wildman–Crippen LogP) is 3.38. The van der Waals surface area contributed by atoms with Crippen LogP contribution in [0.5, 0.6) is 5.75 Å². The van der Waals surface area contributed by atoms with Gasteiger partial charge in [0, 0.05) is 4.90 Å². The summed E-state index contributed by atoms with van der Waals surface area (Å²) in [5.74, 6) is 2.10. The van der Waals surface area contributed by atoms with Crippen LogP contribution in [0.15, 0.2) is 23.1 Å². The summed E-state index contributed by atoms with van der Waals surface area (Å²) in [4.78, 5) is 1.31. The van der Waals surface area contributed by atoms with E-state index in [9.17, 15) is 0 Å². The fraction of sp³-hybridized carbons (Fsp3) is 0.500. The second-order valence-electron chi connectivity index (χ2n) is 3.62. The molecular formula is C12H17NOS. The first kappa shape index (κ1) is 10.7. The molecule has 2 nitrogen and oxygen atoms in total. The van der Waals surface area contributed by atoms with Crippen molar-refractivity contribution < 1.29 is 4.74 Å². The van der Waals surface area contributed by atoms with Gasteiger partial charge in [-0.1, -0.05) is 13.8 Å². The fourth-order valence-electron chi connectivity index (χ4n) is 1.68. The Bertz CT molecular complexity index is 340. The molecule has 2 rings (SSSR count). The van der Waals surface area contributed by atoms with Crippen LogP contribution in [-0.2, 0) is 0 Å². The number of anilines is 1. The first-order chi connectivity index (χ1) is 7.33. The average Bonchev–Trinajstić information content (AvgIpc) is 2.29. The van der Waals surface area contributed by atoms with Crippen LogP contribution in [0.2, 0.25) is 0 Å². The van der Waals surface area contributed by atoms with Crippen molar-refractivity contribution in [3.8, 4) is 5.75 Å². The van der Waals surface area contributed by atoms with Crippen LogP contribution in [-0.4, -0.2) is 18.4 Å². The average molecular weight is 223 g/mol. The largest absolute Gasteiger partial charge is 0.486 e. The molecule has 0 bridgehead atoms. The quantitative estimate of drug-likeness (QED) is 0.794. The van der Waals surface area contributed by atoms with Crippen LogP contribution in [0.25, 0.3) is 0 Å². The third-order valence-corrected chi connectivity index (χ3v) is 3.41. The lowest BCUT2D eigenvalue weighted by molar-refractivity contribution is 0.201. The molecule has 0 aromatic heterocycles. The van der Waals surface area contributed by atoms with Crippen molar-refractivity contribution in [2.24, 2.45) is 0 Å². The van der Waals surface area contributed by atoms with Crippen molar-refractivity contribution >= 4 is 17.4 Å². The summed E-state index contributed by atoms with van der Waals surface area (Å²) >= 11 is 1.86. The zero-order chi connectivity index (χ0) is 10.7. The maximum absolute atomic E-state index is 5.84. The second kappa shape index (κ2) is 4.79. The Morgan fingerprint density at radius 3 is 3.07 bits per heavy atom. The van der Waals surface area contributed by atoms with Gasteiger partial charge in [-0.05, 0) is 30.4 Å². The van der Waals surface area contributed by atoms with Gasteiger partial charge in [-0.3, -0.25) is 0 Å². The molecule has 1 N–H and O–H groups in total. The summed E-state index contributed by atoms with van der Waals surface area (Å²) in [5.41, 5.74) is 1.14. The van der Waals surface area contributed by atoms with E-state index in [1.54, 1.807) is 0 Å². The molecular weight excluding hydrogens is 206 g/mol. The summed E-state index contributed by atoms with van der Waals surface area (Å²) < 4.78 is 5.84. The van der Waals surface area contributed by atoms with Crippen molar-refractivity contribution in [2.75, 3.05) is 17.6 Å². The zero-order valence-corrected chi connectivity index (χ0v) is 10.1. The number of hydrogen-bond donors (Lipinski definition) is 1. The summed E-state index contributed by atoms with van der Waals surface area (Å²) in [6.45, 7) is 5.24. The van der Waals surface area contributed by atoms with E-state index in [0.717, 1.165) is 30.2 Å². The van der Waals surface area contributed by atoms with Gasteiger partial charge in [0.25, 0.3) is 0 Å². The van der Waals surface area contributed by atoms with E-state index < -0.39 is 0 Å². The molecule has 15 heavy (non-hydrogen) atoms. The van der Waals surface area contributed by atoms with E-state index in [4.69, 9.17) is 4.74 Å². The lowest BCUT2D eigenvalue weighted by Gasteiger charge is -2.26. The maximum Gasteiger partial charge on any atom is 0.142 e. The van der Waals surface area contributed by atoms with E-state index in [1.807, 2.05) is 11.8 Å². The van der Waals surface area contributed by atoms with Gasteiger partial charge in [0.1, 0.15) is 11.9 Å². The van der Waals surface area contributed by atoms with Crippen LogP contribution >= 0.6 is 11.8 Å². The fourth-order valence-corrected chi connectivity index (χ4v) is 2.38. The Morgan fingerprint density at radius 1 is 1.47 bits per heavy atom. The predicted molar refractivity (Wildman–Crippen MR) is 66.0 cm³/mol. The molecule has 0 amide bonds. The molecule has 0 saturated heterocycles. The first-order valence-corrected chi connectivity index (χ1v) is 6.49. The Hall–Kier alpha value is -0.830. The smallest absolute Gasteiger partial charge is 0.142 e. The standard InChI is InChI=1S/C12H17NOS/c1-3-9-8-13-11-7-10(15-4-2)5-6-12(11)14-9/h5-7,9,13H,3-4,8H2,1-2H3. The number of thioether (sulfide) groups is 1. The molecule has 3 heteroatoms. The Kier molecular flexibility index (Phi) is 3.41. The summed E-state index contributed by atoms with van der Waals surface area (Å²) in [7, 11) is 0. The Balaban J connectivity index is 2.17. The molecule has 1 atom stereocenters. The van der Waals surface area contributed by atoms with E-state index in [-0.39, 0.29) is 0 Å². The molecule has 0 fully saturated rings. The van der Waals surface area contributed by atoms with Crippen LogP contribution in [0.4, 0.5) is 5.69 Å². The van der Waals surface area contributed by atoms with Gasteiger partial charge in [-0.25, -0.2) is 0 Å². The first-order valence-electron chi connectivity index (χ1n) is 5.50. The van der Waals surface area contributed by atoms with Crippen LogP contribution in [0.1, 0.15) is 20.3 Å². The molecule has 0 aliphatic carbocycles. The molecule has 1 aromatic carbocycles. The molecule has 0 spiro atoms. The number of nitrogens with one attached hydrogen (secondary N) is 1. The molecule has 1 unspecified atom stereocenters. The van der Waals surface area contributed by atoms with Gasteiger partial charge < -0.3 is 10.1 Å². The summed E-state index contributed by atoms with van der Waals surface area (Å²) in [6, 6.07) is 6.38. The highest BCUT2D eigenvalue weighted by Crippen LogP contribution is 2.33. The number of hydrogen-bond acceptors (Lipinski definition) is 3. The monoisotopic (exact) mass is 223 g/mol. The van der Waals surface area contributed by atoms with E-state index >= 15 is 0 Å². The van der Waals surface area contributed by atoms with E-state index in [1.165, 1.54) is 4.90 Å². The van der Waals surface area contributed by atoms with Gasteiger partial charge >= 0.3 is 0 Å². The van der Waals surface area contributed by atoms with Crippen molar-refractivity contribution in [2.45, 2.75) is 31.3 Å². The SMILES string of the molecule is CCSc1ccc2c(c1)NCC(CC)O2. The topological polar surface area (TPSA) is 21.3 Å². The maximum atomic E-state index is 5.84. The molecule has 0 radical (unpaired) electrons. The van der Waals surface area contributed by atoms with Crippen LogP contribution < -0.4 is 10.1 Å². The Labute approximate surface area is 95.4 Å². The lowest BCUT2D eigenvalue weighted by Crippen LogP contribution is -2.29. The highest BCUT2D eigenvalue weighted by atomic mass is 32.2. The van der Waals surface area contributed by atoms with Crippen molar-refractivity contribution in [1.29, 1.82) is 0 Å². The van der Waals surface area contributed by atoms with Gasteiger partial charge in [0.05, 0.1) is 12.2 Å². The minimum Gasteiger partial charge on any atom is -0.486 e. The van der Waals surface area contributed by atoms with Crippen molar-refractivity contribution in [3.05, 3.63) is 18.2 Å². The summed E-state index contributed by atoms with van der Waals surface area (Å²) in [6.07, 6.45) is 1.37. The van der Waals surface area contributed by atoms with E-state index in [0.29, 0.717) is 6.10 Å². The van der Waals surface area contributed by atoms with E-state index in [2.05, 4.69) is 37.4 Å².